The van der Waals surface area contributed by atoms with Crippen molar-refractivity contribution in [2.45, 2.75) is 26.3 Å². The van der Waals surface area contributed by atoms with Crippen molar-refractivity contribution in [3.63, 3.8) is 0 Å². The topological polar surface area (TPSA) is 58.4 Å². The van der Waals surface area contributed by atoms with Crippen molar-refractivity contribution in [3.05, 3.63) is 35.2 Å². The molecule has 0 unspecified atom stereocenters. The Labute approximate surface area is 117 Å². The number of carbonyl (C=O) groups is 1. The highest BCUT2D eigenvalue weighted by Gasteiger charge is 2.04. The van der Waals surface area contributed by atoms with Crippen LogP contribution in [-0.2, 0) is 6.54 Å². The number of nitrogens with one attached hydrogen (secondary N) is 2. The molecule has 2 aromatic rings. The van der Waals surface area contributed by atoms with E-state index < -0.39 is 0 Å². The Hall–Kier alpha value is -1.75. The van der Waals surface area contributed by atoms with Crippen molar-refractivity contribution >= 4 is 23.3 Å². The summed E-state index contributed by atoms with van der Waals surface area (Å²) in [6, 6.07) is 3.47. The van der Waals surface area contributed by atoms with Crippen LogP contribution >= 0.6 is 11.6 Å². The van der Waals surface area contributed by atoms with Crippen LogP contribution < -0.4 is 10.6 Å². The molecule has 5 nitrogen and oxygen atoms in total. The molecule has 2 heterocycles. The summed E-state index contributed by atoms with van der Waals surface area (Å²) in [5.74, 6) is 0. The molecule has 0 spiro atoms. The number of hydrogen-bond acceptors (Lipinski definition) is 2. The summed E-state index contributed by atoms with van der Waals surface area (Å²) >= 11 is 5.90. The summed E-state index contributed by atoms with van der Waals surface area (Å²) in [7, 11) is 0. The highest BCUT2D eigenvalue weighted by molar-refractivity contribution is 6.30. The third-order valence-electron chi connectivity index (χ3n) is 2.71. The summed E-state index contributed by atoms with van der Waals surface area (Å²) in [6.45, 7) is 3.18. The van der Waals surface area contributed by atoms with Crippen LogP contribution in [0.15, 0.2) is 24.5 Å². The Morgan fingerprint density at radius 1 is 1.37 bits per heavy atom. The number of nitrogens with zero attached hydrogens (tertiary/aromatic N) is 2. The van der Waals surface area contributed by atoms with Crippen LogP contribution in [-0.4, -0.2) is 22.0 Å². The molecule has 6 heteroatoms. The fourth-order valence-electron chi connectivity index (χ4n) is 1.71. The predicted molar refractivity (Wildman–Crippen MR) is 75.3 cm³/mol. The van der Waals surface area contributed by atoms with Gasteiger partial charge in [0.1, 0.15) is 5.65 Å². The number of halogens is 1. The van der Waals surface area contributed by atoms with Crippen LogP contribution in [0.2, 0.25) is 5.02 Å². The number of unbranched alkanes of at least 4 members (excludes halogenated alkanes) is 1. The lowest BCUT2D eigenvalue weighted by Gasteiger charge is -2.04. The number of carbonyl (C=O) groups excluding carboxylic acids is 1. The zero-order valence-electron chi connectivity index (χ0n) is 10.8. The van der Waals surface area contributed by atoms with E-state index in [-0.39, 0.29) is 6.03 Å². The van der Waals surface area contributed by atoms with E-state index >= 15 is 0 Å². The second kappa shape index (κ2) is 6.43. The quantitative estimate of drug-likeness (QED) is 0.827. The first-order chi connectivity index (χ1) is 9.19. The van der Waals surface area contributed by atoms with Gasteiger partial charge in [-0.2, -0.15) is 0 Å². The largest absolute Gasteiger partial charge is 0.338 e. The third kappa shape index (κ3) is 3.86. The fourth-order valence-corrected chi connectivity index (χ4v) is 1.88. The van der Waals surface area contributed by atoms with Gasteiger partial charge < -0.3 is 15.0 Å². The standard InChI is InChI=1S/C13H17ClN4O/c1-2-3-6-15-13(19)16-7-11-9-18-8-10(14)4-5-12(18)17-11/h4-5,8-9H,2-3,6-7H2,1H3,(H2,15,16,19). The van der Waals surface area contributed by atoms with Crippen molar-refractivity contribution in [1.82, 2.24) is 20.0 Å². The zero-order chi connectivity index (χ0) is 13.7. The van der Waals surface area contributed by atoms with Gasteiger partial charge in [-0.3, -0.25) is 0 Å². The van der Waals surface area contributed by atoms with Gasteiger partial charge in [0.25, 0.3) is 0 Å². The van der Waals surface area contributed by atoms with Gasteiger partial charge in [0.2, 0.25) is 0 Å². The van der Waals surface area contributed by atoms with Gasteiger partial charge in [0.15, 0.2) is 0 Å². The minimum atomic E-state index is -0.163. The molecule has 0 radical (unpaired) electrons. The molecular formula is C13H17ClN4O. The van der Waals surface area contributed by atoms with E-state index in [0.29, 0.717) is 18.1 Å². The molecule has 0 saturated heterocycles. The van der Waals surface area contributed by atoms with Gasteiger partial charge >= 0.3 is 6.03 Å². The number of fused-ring (bicyclic) bond motifs is 1. The number of hydrogen-bond donors (Lipinski definition) is 2. The SMILES string of the molecule is CCCCNC(=O)NCc1cn2cc(Cl)ccc2n1. The van der Waals surface area contributed by atoms with E-state index in [0.717, 1.165) is 24.2 Å². The van der Waals surface area contributed by atoms with Crippen molar-refractivity contribution in [3.8, 4) is 0 Å². The van der Waals surface area contributed by atoms with E-state index in [1.807, 2.05) is 16.7 Å². The average Bonchev–Trinajstić information content (AvgIpc) is 2.78. The van der Waals surface area contributed by atoms with Crippen LogP contribution in [0.3, 0.4) is 0 Å². The number of imidazole rings is 1. The number of amides is 2. The minimum Gasteiger partial charge on any atom is -0.338 e. The van der Waals surface area contributed by atoms with E-state index in [2.05, 4.69) is 22.5 Å². The fraction of sp³-hybridized carbons (Fsp3) is 0.385. The highest BCUT2D eigenvalue weighted by atomic mass is 35.5. The van der Waals surface area contributed by atoms with Crippen LogP contribution in [0.25, 0.3) is 5.65 Å². The van der Waals surface area contributed by atoms with Gasteiger partial charge in [-0.1, -0.05) is 24.9 Å². The molecule has 0 aliphatic heterocycles. The van der Waals surface area contributed by atoms with Crippen molar-refractivity contribution in [1.29, 1.82) is 0 Å². The van der Waals surface area contributed by atoms with Crippen LogP contribution in [0, 0.1) is 0 Å². The Morgan fingerprint density at radius 3 is 3.00 bits per heavy atom. The molecule has 0 fully saturated rings. The maximum absolute atomic E-state index is 11.5. The lowest BCUT2D eigenvalue weighted by molar-refractivity contribution is 0.240. The van der Waals surface area contributed by atoms with Gasteiger partial charge in [-0.15, -0.1) is 0 Å². The molecule has 0 atom stereocenters. The van der Waals surface area contributed by atoms with Gasteiger partial charge in [0, 0.05) is 18.9 Å². The maximum atomic E-state index is 11.5. The molecular weight excluding hydrogens is 264 g/mol. The molecule has 102 valence electrons. The molecule has 2 N–H and O–H groups in total. The summed E-state index contributed by atoms with van der Waals surface area (Å²) in [5.41, 5.74) is 1.61. The molecule has 0 aliphatic rings. The highest BCUT2D eigenvalue weighted by Crippen LogP contribution is 2.11. The Bertz CT molecular complexity index is 567. The molecule has 2 rings (SSSR count). The van der Waals surface area contributed by atoms with E-state index in [9.17, 15) is 4.79 Å². The smallest absolute Gasteiger partial charge is 0.315 e. The summed E-state index contributed by atoms with van der Waals surface area (Å²) in [6.07, 6.45) is 5.69. The predicted octanol–water partition coefficient (Wildman–Crippen LogP) is 2.59. The molecule has 0 bridgehead atoms. The van der Waals surface area contributed by atoms with Gasteiger partial charge in [-0.05, 0) is 18.6 Å². The van der Waals surface area contributed by atoms with Crippen LogP contribution in [0.5, 0.6) is 0 Å². The lowest BCUT2D eigenvalue weighted by Crippen LogP contribution is -2.35. The molecule has 19 heavy (non-hydrogen) atoms. The Morgan fingerprint density at radius 2 is 2.21 bits per heavy atom. The summed E-state index contributed by atoms with van der Waals surface area (Å²) in [5, 5.41) is 6.22. The molecule has 0 aliphatic carbocycles. The summed E-state index contributed by atoms with van der Waals surface area (Å²) in [4.78, 5) is 15.9. The van der Waals surface area contributed by atoms with Crippen molar-refractivity contribution < 1.29 is 4.79 Å². The van der Waals surface area contributed by atoms with Crippen LogP contribution in [0.1, 0.15) is 25.5 Å². The van der Waals surface area contributed by atoms with Crippen molar-refractivity contribution in [2.75, 3.05) is 6.54 Å². The zero-order valence-corrected chi connectivity index (χ0v) is 11.6. The van der Waals surface area contributed by atoms with Crippen LogP contribution in [0.4, 0.5) is 4.79 Å². The Balaban J connectivity index is 1.89. The first-order valence-electron chi connectivity index (χ1n) is 6.34. The van der Waals surface area contributed by atoms with E-state index in [1.165, 1.54) is 0 Å². The number of urea groups is 1. The normalized spacial score (nSPS) is 10.6. The number of aromatic nitrogens is 2. The number of pyridine rings is 1. The second-order valence-corrected chi connectivity index (χ2v) is 4.74. The monoisotopic (exact) mass is 280 g/mol. The van der Waals surface area contributed by atoms with Gasteiger partial charge in [-0.25, -0.2) is 9.78 Å². The van der Waals surface area contributed by atoms with Gasteiger partial charge in [0.05, 0.1) is 17.3 Å². The Kier molecular flexibility index (Phi) is 4.63. The second-order valence-electron chi connectivity index (χ2n) is 4.31. The first-order valence-corrected chi connectivity index (χ1v) is 6.71. The minimum absolute atomic E-state index is 0.163. The van der Waals surface area contributed by atoms with Crippen molar-refractivity contribution in [2.24, 2.45) is 0 Å². The lowest BCUT2D eigenvalue weighted by atomic mass is 10.3. The maximum Gasteiger partial charge on any atom is 0.315 e. The number of rotatable bonds is 5. The third-order valence-corrected chi connectivity index (χ3v) is 2.93. The molecule has 0 saturated carbocycles. The first kappa shape index (κ1) is 13.7. The molecule has 2 amide bonds. The van der Waals surface area contributed by atoms with E-state index in [4.69, 9.17) is 11.6 Å². The molecule has 0 aromatic carbocycles. The average molecular weight is 281 g/mol. The molecule has 2 aromatic heterocycles. The van der Waals surface area contributed by atoms with E-state index in [1.54, 1.807) is 12.3 Å². The summed E-state index contributed by atoms with van der Waals surface area (Å²) < 4.78 is 1.84.